The molecule has 0 bridgehead atoms. The van der Waals surface area contributed by atoms with Gasteiger partial charge in [-0.3, -0.25) is 4.99 Å². The third kappa shape index (κ3) is 5.94. The Kier molecular flexibility index (Phi) is 5.89. The number of rotatable bonds is 2. The first kappa shape index (κ1) is 6.94. The van der Waals surface area contributed by atoms with E-state index in [0.29, 0.717) is 0 Å². The minimum absolute atomic E-state index is 1.69. The third-order valence-corrected chi connectivity index (χ3v) is 0.732. The molecule has 0 rings (SSSR count). The fourth-order valence-electron chi connectivity index (χ4n) is 0.157. The molecule has 3 heteroatoms. The van der Waals surface area contributed by atoms with Gasteiger partial charge < -0.3 is 3.53 Å². The fraction of sp³-hybridized carbons (Fsp3) is 0.250. The summed E-state index contributed by atoms with van der Waals surface area (Å²) in [5.74, 6) is 0. The smallest absolute Gasteiger partial charge is 0.0555 e. The molecule has 0 aromatic carbocycles. The first-order chi connectivity index (χ1) is 3.41. The molecule has 0 aliphatic rings. The Balaban J connectivity index is 3.09. The summed E-state index contributed by atoms with van der Waals surface area (Å²) in [7, 11) is 0. The van der Waals surface area contributed by atoms with Crippen LogP contribution < -0.4 is 3.53 Å². The average molecular weight is 210 g/mol. The van der Waals surface area contributed by atoms with E-state index in [1.807, 2.05) is 29.8 Å². The van der Waals surface area contributed by atoms with Gasteiger partial charge in [0, 0.05) is 18.6 Å². The summed E-state index contributed by atoms with van der Waals surface area (Å²) >= 11 is 2.02. The van der Waals surface area contributed by atoms with Crippen molar-refractivity contribution < 1.29 is 0 Å². The van der Waals surface area contributed by atoms with Gasteiger partial charge >= 0.3 is 0 Å². The highest BCUT2D eigenvalue weighted by Gasteiger charge is 1.55. The molecular formula is C4H7IN2. The van der Waals surface area contributed by atoms with E-state index in [1.165, 1.54) is 0 Å². The molecule has 0 fully saturated rings. The SMILES string of the molecule is CC=N/C=C\NI. The van der Waals surface area contributed by atoms with Gasteiger partial charge in [-0.1, -0.05) is 0 Å². The lowest BCUT2D eigenvalue weighted by atomic mass is 10.8. The molecule has 0 heterocycles. The molecule has 0 radical (unpaired) electrons. The predicted molar refractivity (Wildman–Crippen MR) is 40.5 cm³/mol. The second-order valence-corrected chi connectivity index (χ2v) is 1.45. The van der Waals surface area contributed by atoms with E-state index >= 15 is 0 Å². The van der Waals surface area contributed by atoms with E-state index < -0.39 is 0 Å². The Hall–Kier alpha value is -0.0600. The fourth-order valence-corrected chi connectivity index (χ4v) is 0.318. The van der Waals surface area contributed by atoms with Gasteiger partial charge in [0.2, 0.25) is 0 Å². The van der Waals surface area contributed by atoms with Crippen molar-refractivity contribution in [2.45, 2.75) is 6.92 Å². The maximum atomic E-state index is 3.79. The Morgan fingerprint density at radius 2 is 2.43 bits per heavy atom. The number of hydrogen-bond acceptors (Lipinski definition) is 2. The molecule has 0 aromatic heterocycles. The lowest BCUT2D eigenvalue weighted by Gasteiger charge is -1.74. The van der Waals surface area contributed by atoms with E-state index in [2.05, 4.69) is 8.52 Å². The van der Waals surface area contributed by atoms with Crippen LogP contribution in [0.25, 0.3) is 0 Å². The predicted octanol–water partition coefficient (Wildman–Crippen LogP) is 1.49. The molecule has 0 unspecified atom stereocenters. The van der Waals surface area contributed by atoms with Crippen LogP contribution in [0, 0.1) is 0 Å². The highest BCUT2D eigenvalue weighted by atomic mass is 127. The van der Waals surface area contributed by atoms with Crippen LogP contribution >= 0.6 is 22.9 Å². The van der Waals surface area contributed by atoms with E-state index in [-0.39, 0.29) is 0 Å². The van der Waals surface area contributed by atoms with Crippen molar-refractivity contribution >= 4 is 29.1 Å². The second-order valence-electron chi connectivity index (χ2n) is 0.832. The monoisotopic (exact) mass is 210 g/mol. The van der Waals surface area contributed by atoms with Crippen LogP contribution in [0.2, 0.25) is 0 Å². The van der Waals surface area contributed by atoms with E-state index in [9.17, 15) is 0 Å². The highest BCUT2D eigenvalue weighted by Crippen LogP contribution is 1.71. The van der Waals surface area contributed by atoms with Crippen molar-refractivity contribution in [1.82, 2.24) is 3.53 Å². The largest absolute Gasteiger partial charge is 0.333 e. The van der Waals surface area contributed by atoms with Crippen molar-refractivity contribution in [2.24, 2.45) is 4.99 Å². The topological polar surface area (TPSA) is 24.4 Å². The van der Waals surface area contributed by atoms with Crippen LogP contribution in [-0.2, 0) is 0 Å². The molecule has 0 aliphatic carbocycles. The van der Waals surface area contributed by atoms with E-state index in [0.717, 1.165) is 0 Å². The van der Waals surface area contributed by atoms with E-state index in [1.54, 1.807) is 18.6 Å². The lowest BCUT2D eigenvalue weighted by Crippen LogP contribution is -1.76. The second kappa shape index (κ2) is 5.94. The van der Waals surface area contributed by atoms with Crippen LogP contribution in [0.4, 0.5) is 0 Å². The summed E-state index contributed by atoms with van der Waals surface area (Å²) in [4.78, 5) is 3.79. The van der Waals surface area contributed by atoms with Crippen LogP contribution in [0.1, 0.15) is 6.92 Å². The molecule has 0 spiro atoms. The third-order valence-electron chi connectivity index (χ3n) is 0.373. The summed E-state index contributed by atoms with van der Waals surface area (Å²) in [6, 6.07) is 0. The molecule has 0 aliphatic heterocycles. The number of nitrogens with zero attached hydrogens (tertiary/aromatic N) is 1. The minimum atomic E-state index is 1.69. The average Bonchev–Trinajstić information content (AvgIpc) is 1.69. The van der Waals surface area contributed by atoms with Crippen LogP contribution in [0.5, 0.6) is 0 Å². The maximum absolute atomic E-state index is 3.79. The van der Waals surface area contributed by atoms with Gasteiger partial charge in [-0.15, -0.1) is 0 Å². The highest BCUT2D eigenvalue weighted by molar-refractivity contribution is 14.1. The lowest BCUT2D eigenvalue weighted by molar-refractivity contribution is 1.43. The first-order valence-electron chi connectivity index (χ1n) is 1.90. The van der Waals surface area contributed by atoms with Crippen molar-refractivity contribution in [1.29, 1.82) is 0 Å². The van der Waals surface area contributed by atoms with Gasteiger partial charge in [0.1, 0.15) is 0 Å². The van der Waals surface area contributed by atoms with Crippen LogP contribution in [0.15, 0.2) is 17.4 Å². The Labute approximate surface area is 57.2 Å². The minimum Gasteiger partial charge on any atom is -0.333 e. The van der Waals surface area contributed by atoms with Crippen molar-refractivity contribution in [3.05, 3.63) is 12.4 Å². The zero-order valence-electron chi connectivity index (χ0n) is 4.06. The summed E-state index contributed by atoms with van der Waals surface area (Å²) in [6.45, 7) is 1.87. The first-order valence-corrected chi connectivity index (χ1v) is 2.98. The zero-order chi connectivity index (χ0) is 5.54. The molecule has 0 amide bonds. The van der Waals surface area contributed by atoms with Gasteiger partial charge in [-0.05, 0) is 6.92 Å². The molecule has 7 heavy (non-hydrogen) atoms. The van der Waals surface area contributed by atoms with Crippen LogP contribution in [0.3, 0.4) is 0 Å². The number of aliphatic imine (C=N–C) groups is 1. The van der Waals surface area contributed by atoms with Gasteiger partial charge in [-0.2, -0.15) is 0 Å². The van der Waals surface area contributed by atoms with Gasteiger partial charge in [0.05, 0.1) is 22.9 Å². The normalized spacial score (nSPS) is 11.1. The molecule has 0 saturated carbocycles. The summed E-state index contributed by atoms with van der Waals surface area (Å²) in [5.41, 5.74) is 0. The molecule has 0 saturated heterocycles. The van der Waals surface area contributed by atoms with Gasteiger partial charge in [-0.25, -0.2) is 0 Å². The van der Waals surface area contributed by atoms with Crippen molar-refractivity contribution in [3.8, 4) is 0 Å². The number of nitrogens with one attached hydrogen (secondary N) is 1. The van der Waals surface area contributed by atoms with Gasteiger partial charge in [0.25, 0.3) is 0 Å². The van der Waals surface area contributed by atoms with Crippen molar-refractivity contribution in [3.63, 3.8) is 0 Å². The summed E-state index contributed by atoms with van der Waals surface area (Å²) in [5, 5.41) is 0. The maximum Gasteiger partial charge on any atom is 0.0555 e. The Bertz CT molecular complexity index is 77.8. The number of hydrogen-bond donors (Lipinski definition) is 1. The molecule has 0 atom stereocenters. The standard InChI is InChI=1S/C4H7IN2/c1-2-6-3-4-7-5/h2-4,7H,1H3/b4-3-,6-2?. The molecule has 1 N–H and O–H groups in total. The zero-order valence-corrected chi connectivity index (χ0v) is 6.21. The molecular weight excluding hydrogens is 203 g/mol. The van der Waals surface area contributed by atoms with E-state index in [4.69, 9.17) is 0 Å². The quantitative estimate of drug-likeness (QED) is 0.416. The molecule has 40 valence electrons. The molecule has 0 aromatic rings. The van der Waals surface area contributed by atoms with Crippen molar-refractivity contribution in [2.75, 3.05) is 0 Å². The molecule has 2 nitrogen and oxygen atoms in total. The summed E-state index contributed by atoms with van der Waals surface area (Å²) in [6.07, 6.45) is 5.16. The Morgan fingerprint density at radius 1 is 1.71 bits per heavy atom. The van der Waals surface area contributed by atoms with Gasteiger partial charge in [0.15, 0.2) is 0 Å². The number of halogens is 1. The summed E-state index contributed by atoms with van der Waals surface area (Å²) < 4.78 is 2.78. The Morgan fingerprint density at radius 3 is 2.86 bits per heavy atom. The van der Waals surface area contributed by atoms with Crippen LogP contribution in [-0.4, -0.2) is 6.21 Å².